The SMILES string of the molecule is Cc1ccc(S(=O)(=O)N2CCCC(Oc3ccncn3)C2)cc1. The van der Waals surface area contributed by atoms with Gasteiger partial charge in [-0.15, -0.1) is 0 Å². The number of aromatic nitrogens is 2. The van der Waals surface area contributed by atoms with Crippen LogP contribution in [-0.4, -0.2) is 41.9 Å². The third kappa shape index (κ3) is 3.68. The number of nitrogens with zero attached hydrogens (tertiary/aromatic N) is 3. The predicted octanol–water partition coefficient (Wildman–Crippen LogP) is 2.02. The van der Waals surface area contributed by atoms with Crippen LogP contribution >= 0.6 is 0 Å². The third-order valence-electron chi connectivity index (χ3n) is 3.84. The third-order valence-corrected chi connectivity index (χ3v) is 5.72. The second-order valence-corrected chi connectivity index (χ2v) is 7.54. The van der Waals surface area contributed by atoms with Gasteiger partial charge in [-0.05, 0) is 31.9 Å². The zero-order chi connectivity index (χ0) is 16.3. The van der Waals surface area contributed by atoms with E-state index in [9.17, 15) is 8.42 Å². The molecule has 23 heavy (non-hydrogen) atoms. The maximum Gasteiger partial charge on any atom is 0.243 e. The lowest BCUT2D eigenvalue weighted by Crippen LogP contribution is -2.44. The molecule has 6 nitrogen and oxygen atoms in total. The summed E-state index contributed by atoms with van der Waals surface area (Å²) in [4.78, 5) is 8.19. The number of ether oxygens (including phenoxy) is 1. The molecule has 2 aromatic rings. The van der Waals surface area contributed by atoms with Crippen LogP contribution in [0.25, 0.3) is 0 Å². The molecule has 1 aromatic heterocycles. The molecule has 1 unspecified atom stereocenters. The quantitative estimate of drug-likeness (QED) is 0.856. The molecule has 1 fully saturated rings. The standard InChI is InChI=1S/C16H19N3O3S/c1-13-4-6-15(7-5-13)23(20,21)19-10-2-3-14(11-19)22-16-8-9-17-12-18-16/h4-9,12,14H,2-3,10-11H2,1H3. The van der Waals surface area contributed by atoms with Gasteiger partial charge in [0.1, 0.15) is 12.4 Å². The molecule has 1 atom stereocenters. The van der Waals surface area contributed by atoms with Crippen molar-refractivity contribution in [2.75, 3.05) is 13.1 Å². The first-order valence-corrected chi connectivity index (χ1v) is 8.99. The van der Waals surface area contributed by atoms with E-state index in [0.717, 1.165) is 18.4 Å². The summed E-state index contributed by atoms with van der Waals surface area (Å²) in [6.07, 6.45) is 4.40. The van der Waals surface area contributed by atoms with Crippen LogP contribution in [0.1, 0.15) is 18.4 Å². The van der Waals surface area contributed by atoms with Crippen LogP contribution in [0.5, 0.6) is 5.88 Å². The number of aryl methyl sites for hydroxylation is 1. The summed E-state index contributed by atoms with van der Waals surface area (Å²) in [6.45, 7) is 2.78. The molecular formula is C16H19N3O3S. The van der Waals surface area contributed by atoms with Crippen LogP contribution in [0.3, 0.4) is 0 Å². The molecule has 0 aliphatic carbocycles. The fourth-order valence-corrected chi connectivity index (χ4v) is 4.11. The average Bonchev–Trinajstić information content (AvgIpc) is 2.56. The van der Waals surface area contributed by atoms with Gasteiger partial charge in [0, 0.05) is 18.8 Å². The summed E-state index contributed by atoms with van der Waals surface area (Å²) in [5, 5.41) is 0. The molecule has 0 amide bonds. The van der Waals surface area contributed by atoms with Crippen LogP contribution < -0.4 is 4.74 Å². The minimum atomic E-state index is -3.48. The zero-order valence-electron chi connectivity index (χ0n) is 12.9. The number of hydrogen-bond acceptors (Lipinski definition) is 5. The van der Waals surface area contributed by atoms with Crippen LogP contribution in [0.2, 0.25) is 0 Å². The maximum absolute atomic E-state index is 12.7. The first-order valence-electron chi connectivity index (χ1n) is 7.55. The summed E-state index contributed by atoms with van der Waals surface area (Å²) in [5.41, 5.74) is 1.03. The minimum Gasteiger partial charge on any atom is -0.473 e. The lowest BCUT2D eigenvalue weighted by Gasteiger charge is -2.31. The highest BCUT2D eigenvalue weighted by Gasteiger charge is 2.31. The van der Waals surface area contributed by atoms with Gasteiger partial charge in [-0.1, -0.05) is 17.7 Å². The lowest BCUT2D eigenvalue weighted by molar-refractivity contribution is 0.124. The normalized spacial score (nSPS) is 19.4. The van der Waals surface area contributed by atoms with Gasteiger partial charge in [0.15, 0.2) is 0 Å². The van der Waals surface area contributed by atoms with Crippen LogP contribution in [0, 0.1) is 6.92 Å². The summed E-state index contributed by atoms with van der Waals surface area (Å²) in [7, 11) is -3.48. The highest BCUT2D eigenvalue weighted by Crippen LogP contribution is 2.23. The minimum absolute atomic E-state index is 0.195. The molecule has 1 saturated heterocycles. The van der Waals surface area contributed by atoms with Gasteiger partial charge in [0.05, 0.1) is 11.4 Å². The number of piperidine rings is 1. The molecule has 0 spiro atoms. The van der Waals surface area contributed by atoms with Crippen molar-refractivity contribution in [3.05, 3.63) is 48.4 Å². The first kappa shape index (κ1) is 15.9. The summed E-state index contributed by atoms with van der Waals surface area (Å²) in [6, 6.07) is 8.60. The Morgan fingerprint density at radius 2 is 2.00 bits per heavy atom. The highest BCUT2D eigenvalue weighted by atomic mass is 32.2. The van der Waals surface area contributed by atoms with Crippen molar-refractivity contribution in [3.8, 4) is 5.88 Å². The summed E-state index contributed by atoms with van der Waals surface area (Å²) >= 11 is 0. The van der Waals surface area contributed by atoms with E-state index in [2.05, 4.69) is 9.97 Å². The monoisotopic (exact) mass is 333 g/mol. The van der Waals surface area contributed by atoms with Crippen molar-refractivity contribution in [2.45, 2.75) is 30.8 Å². The van der Waals surface area contributed by atoms with E-state index in [4.69, 9.17) is 4.74 Å². The Hall–Kier alpha value is -1.99. The molecule has 0 N–H and O–H groups in total. The van der Waals surface area contributed by atoms with Crippen LogP contribution in [0.15, 0.2) is 47.8 Å². The Balaban J connectivity index is 1.74. The topological polar surface area (TPSA) is 72.4 Å². The van der Waals surface area contributed by atoms with E-state index in [-0.39, 0.29) is 6.10 Å². The number of rotatable bonds is 4. The molecule has 7 heteroatoms. The van der Waals surface area contributed by atoms with Crippen molar-refractivity contribution >= 4 is 10.0 Å². The van der Waals surface area contributed by atoms with Gasteiger partial charge in [-0.25, -0.2) is 18.4 Å². The Kier molecular flexibility index (Phi) is 4.58. The Morgan fingerprint density at radius 3 is 2.70 bits per heavy atom. The van der Waals surface area contributed by atoms with Crippen molar-refractivity contribution in [1.82, 2.24) is 14.3 Å². The van der Waals surface area contributed by atoms with E-state index >= 15 is 0 Å². The summed E-state index contributed by atoms with van der Waals surface area (Å²) in [5.74, 6) is 0.472. The molecule has 0 bridgehead atoms. The van der Waals surface area contributed by atoms with E-state index in [0.29, 0.717) is 23.9 Å². The van der Waals surface area contributed by atoms with Gasteiger partial charge < -0.3 is 4.74 Å². The first-order chi connectivity index (χ1) is 11.1. The van der Waals surface area contributed by atoms with Crippen LogP contribution in [0.4, 0.5) is 0 Å². The van der Waals surface area contributed by atoms with Crippen LogP contribution in [-0.2, 0) is 10.0 Å². The van der Waals surface area contributed by atoms with Gasteiger partial charge in [0.2, 0.25) is 15.9 Å². The molecule has 0 saturated carbocycles. The fraction of sp³-hybridized carbons (Fsp3) is 0.375. The zero-order valence-corrected chi connectivity index (χ0v) is 13.7. The molecule has 1 aromatic carbocycles. The summed E-state index contributed by atoms with van der Waals surface area (Å²) < 4.78 is 32.8. The molecule has 1 aliphatic heterocycles. The van der Waals surface area contributed by atoms with Gasteiger partial charge in [0.25, 0.3) is 0 Å². The van der Waals surface area contributed by atoms with E-state index in [1.807, 2.05) is 19.1 Å². The lowest BCUT2D eigenvalue weighted by atomic mass is 10.1. The second kappa shape index (κ2) is 6.64. The van der Waals surface area contributed by atoms with E-state index in [1.54, 1.807) is 24.4 Å². The predicted molar refractivity (Wildman–Crippen MR) is 85.6 cm³/mol. The number of benzene rings is 1. The van der Waals surface area contributed by atoms with E-state index in [1.165, 1.54) is 10.6 Å². The van der Waals surface area contributed by atoms with Gasteiger partial charge in [-0.3, -0.25) is 0 Å². The maximum atomic E-state index is 12.7. The molecule has 0 radical (unpaired) electrons. The van der Waals surface area contributed by atoms with Crippen molar-refractivity contribution in [3.63, 3.8) is 0 Å². The molecule has 122 valence electrons. The average molecular weight is 333 g/mol. The smallest absolute Gasteiger partial charge is 0.243 e. The Morgan fingerprint density at radius 1 is 1.22 bits per heavy atom. The van der Waals surface area contributed by atoms with Crippen molar-refractivity contribution in [2.24, 2.45) is 0 Å². The Bertz CT molecular complexity index is 748. The fourth-order valence-electron chi connectivity index (χ4n) is 2.60. The van der Waals surface area contributed by atoms with Gasteiger partial charge in [-0.2, -0.15) is 4.31 Å². The van der Waals surface area contributed by atoms with Crippen molar-refractivity contribution in [1.29, 1.82) is 0 Å². The number of sulfonamides is 1. The molecule has 1 aliphatic rings. The van der Waals surface area contributed by atoms with E-state index < -0.39 is 10.0 Å². The molecule has 3 rings (SSSR count). The largest absolute Gasteiger partial charge is 0.473 e. The Labute approximate surface area is 136 Å². The second-order valence-electron chi connectivity index (χ2n) is 5.61. The van der Waals surface area contributed by atoms with Gasteiger partial charge >= 0.3 is 0 Å². The molecule has 2 heterocycles. The van der Waals surface area contributed by atoms with Crippen molar-refractivity contribution < 1.29 is 13.2 Å². The molecular weight excluding hydrogens is 314 g/mol. The highest BCUT2D eigenvalue weighted by molar-refractivity contribution is 7.89. The number of hydrogen-bond donors (Lipinski definition) is 0.